The Balaban J connectivity index is 2.29. The van der Waals surface area contributed by atoms with Crippen molar-refractivity contribution in [3.63, 3.8) is 0 Å². The lowest BCUT2D eigenvalue weighted by Gasteiger charge is -2.07. The minimum Gasteiger partial charge on any atom is -0.497 e. The first-order valence-corrected chi connectivity index (χ1v) is 6.76. The lowest BCUT2D eigenvalue weighted by molar-refractivity contribution is 0.0600. The van der Waals surface area contributed by atoms with Gasteiger partial charge in [-0.05, 0) is 35.9 Å². The molecule has 0 aliphatic heterocycles. The van der Waals surface area contributed by atoms with Crippen LogP contribution in [0, 0.1) is 0 Å². The number of benzene rings is 2. The first-order chi connectivity index (χ1) is 10.7. The Hall–Kier alpha value is -2.75. The molecule has 2 aromatic rings. The van der Waals surface area contributed by atoms with E-state index in [1.165, 1.54) is 7.11 Å². The summed E-state index contributed by atoms with van der Waals surface area (Å²) in [5, 5.41) is 0. The summed E-state index contributed by atoms with van der Waals surface area (Å²) in [6.07, 6.45) is 3.84. The molecule has 22 heavy (non-hydrogen) atoms. The van der Waals surface area contributed by atoms with Gasteiger partial charge in [-0.2, -0.15) is 0 Å². The fourth-order valence-corrected chi connectivity index (χ4v) is 2.01. The van der Waals surface area contributed by atoms with E-state index in [9.17, 15) is 4.79 Å². The van der Waals surface area contributed by atoms with Crippen LogP contribution < -0.4 is 9.47 Å². The topological polar surface area (TPSA) is 44.8 Å². The van der Waals surface area contributed by atoms with Crippen molar-refractivity contribution < 1.29 is 19.0 Å². The van der Waals surface area contributed by atoms with E-state index < -0.39 is 0 Å². The van der Waals surface area contributed by atoms with Crippen molar-refractivity contribution in [1.82, 2.24) is 0 Å². The fraction of sp³-hybridized carbons (Fsp3) is 0.167. The molecular weight excluding hydrogens is 280 g/mol. The molecule has 4 nitrogen and oxygen atoms in total. The van der Waals surface area contributed by atoms with Crippen molar-refractivity contribution in [2.45, 2.75) is 0 Å². The monoisotopic (exact) mass is 298 g/mol. The van der Waals surface area contributed by atoms with Gasteiger partial charge in [-0.3, -0.25) is 0 Å². The van der Waals surface area contributed by atoms with Crippen molar-refractivity contribution in [2.24, 2.45) is 0 Å². The number of carbonyl (C=O) groups excluding carboxylic acids is 1. The largest absolute Gasteiger partial charge is 0.497 e. The highest BCUT2D eigenvalue weighted by atomic mass is 16.5. The van der Waals surface area contributed by atoms with Gasteiger partial charge in [0.05, 0.1) is 26.9 Å². The molecule has 0 fully saturated rings. The molecular formula is C18H18O4. The Bertz CT molecular complexity index is 672. The van der Waals surface area contributed by atoms with Crippen molar-refractivity contribution in [3.8, 4) is 11.5 Å². The molecule has 2 rings (SSSR count). The summed E-state index contributed by atoms with van der Waals surface area (Å²) in [5.41, 5.74) is 2.31. The lowest BCUT2D eigenvalue weighted by atomic mass is 10.1. The second-order valence-corrected chi connectivity index (χ2v) is 4.55. The molecule has 0 spiro atoms. The number of rotatable bonds is 5. The molecule has 0 heterocycles. The van der Waals surface area contributed by atoms with Crippen LogP contribution in [0.25, 0.3) is 12.2 Å². The van der Waals surface area contributed by atoms with E-state index in [2.05, 4.69) is 0 Å². The van der Waals surface area contributed by atoms with Crippen molar-refractivity contribution in [3.05, 3.63) is 59.2 Å². The van der Waals surface area contributed by atoms with E-state index in [4.69, 9.17) is 14.2 Å². The Morgan fingerprint density at radius 1 is 0.909 bits per heavy atom. The molecule has 0 N–H and O–H groups in total. The summed E-state index contributed by atoms with van der Waals surface area (Å²) in [5.74, 6) is 1.13. The van der Waals surface area contributed by atoms with E-state index in [1.807, 2.05) is 36.4 Å². The Kier molecular flexibility index (Phi) is 5.20. The second kappa shape index (κ2) is 7.31. The number of esters is 1. The SMILES string of the molecule is COC(=O)c1ccc(OC)c(C=Cc2ccc(OC)cc2)c1. The summed E-state index contributed by atoms with van der Waals surface area (Å²) in [7, 11) is 4.59. The van der Waals surface area contributed by atoms with Crippen LogP contribution in [0.3, 0.4) is 0 Å². The van der Waals surface area contributed by atoms with E-state index >= 15 is 0 Å². The van der Waals surface area contributed by atoms with E-state index in [0.717, 1.165) is 16.9 Å². The average molecular weight is 298 g/mol. The number of methoxy groups -OCH3 is 3. The Morgan fingerprint density at radius 2 is 1.64 bits per heavy atom. The van der Waals surface area contributed by atoms with Crippen molar-refractivity contribution in [1.29, 1.82) is 0 Å². The van der Waals surface area contributed by atoms with Crippen LogP contribution in [0.5, 0.6) is 11.5 Å². The minimum atomic E-state index is -0.373. The summed E-state index contributed by atoms with van der Waals surface area (Å²) in [4.78, 5) is 11.6. The highest BCUT2D eigenvalue weighted by Gasteiger charge is 2.08. The van der Waals surface area contributed by atoms with Crippen LogP contribution in [0.4, 0.5) is 0 Å². The molecule has 0 saturated carbocycles. The van der Waals surface area contributed by atoms with E-state index in [1.54, 1.807) is 32.4 Å². The van der Waals surface area contributed by atoms with Gasteiger partial charge in [-0.15, -0.1) is 0 Å². The zero-order valence-electron chi connectivity index (χ0n) is 12.8. The van der Waals surface area contributed by atoms with Gasteiger partial charge in [0.15, 0.2) is 0 Å². The van der Waals surface area contributed by atoms with Crippen LogP contribution in [-0.2, 0) is 4.74 Å². The first kappa shape index (κ1) is 15.6. The lowest BCUT2D eigenvalue weighted by Crippen LogP contribution is -2.01. The fourth-order valence-electron chi connectivity index (χ4n) is 2.01. The molecule has 0 aliphatic carbocycles. The maximum atomic E-state index is 11.6. The maximum Gasteiger partial charge on any atom is 0.337 e. The van der Waals surface area contributed by atoms with Crippen molar-refractivity contribution >= 4 is 18.1 Å². The van der Waals surface area contributed by atoms with Gasteiger partial charge >= 0.3 is 5.97 Å². The summed E-state index contributed by atoms with van der Waals surface area (Å²) in [6.45, 7) is 0. The van der Waals surface area contributed by atoms with Crippen LogP contribution in [0.15, 0.2) is 42.5 Å². The predicted molar refractivity (Wildman–Crippen MR) is 86.3 cm³/mol. The van der Waals surface area contributed by atoms with E-state index in [0.29, 0.717) is 11.3 Å². The van der Waals surface area contributed by atoms with Gasteiger partial charge < -0.3 is 14.2 Å². The average Bonchev–Trinajstić information content (AvgIpc) is 2.59. The van der Waals surface area contributed by atoms with Gasteiger partial charge in [0.25, 0.3) is 0 Å². The minimum absolute atomic E-state index is 0.373. The summed E-state index contributed by atoms with van der Waals surface area (Å²) >= 11 is 0. The van der Waals surface area contributed by atoms with E-state index in [-0.39, 0.29) is 5.97 Å². The zero-order chi connectivity index (χ0) is 15.9. The third-order valence-electron chi connectivity index (χ3n) is 3.22. The van der Waals surface area contributed by atoms with Gasteiger partial charge in [-0.1, -0.05) is 24.3 Å². The Labute approximate surface area is 129 Å². The van der Waals surface area contributed by atoms with Crippen LogP contribution >= 0.6 is 0 Å². The normalized spacial score (nSPS) is 10.5. The maximum absolute atomic E-state index is 11.6. The highest BCUT2D eigenvalue weighted by Crippen LogP contribution is 2.23. The van der Waals surface area contributed by atoms with Crippen LogP contribution in [0.1, 0.15) is 21.5 Å². The van der Waals surface area contributed by atoms with Gasteiger partial charge in [0.2, 0.25) is 0 Å². The molecule has 0 unspecified atom stereocenters. The molecule has 0 amide bonds. The molecule has 0 saturated heterocycles. The third-order valence-corrected chi connectivity index (χ3v) is 3.22. The van der Waals surface area contributed by atoms with Crippen LogP contribution in [0.2, 0.25) is 0 Å². The number of carbonyl (C=O) groups is 1. The predicted octanol–water partition coefficient (Wildman–Crippen LogP) is 3.66. The summed E-state index contributed by atoms with van der Waals surface area (Å²) < 4.78 is 15.2. The van der Waals surface area contributed by atoms with Gasteiger partial charge in [-0.25, -0.2) is 4.79 Å². The van der Waals surface area contributed by atoms with Gasteiger partial charge in [0.1, 0.15) is 11.5 Å². The molecule has 0 radical (unpaired) electrons. The molecule has 0 atom stereocenters. The molecule has 0 aliphatic rings. The smallest absolute Gasteiger partial charge is 0.337 e. The first-order valence-electron chi connectivity index (χ1n) is 6.76. The van der Waals surface area contributed by atoms with Crippen LogP contribution in [-0.4, -0.2) is 27.3 Å². The molecule has 0 aromatic heterocycles. The van der Waals surface area contributed by atoms with Gasteiger partial charge in [0, 0.05) is 5.56 Å². The zero-order valence-corrected chi connectivity index (χ0v) is 12.8. The Morgan fingerprint density at radius 3 is 2.23 bits per heavy atom. The van der Waals surface area contributed by atoms with Crippen molar-refractivity contribution in [2.75, 3.05) is 21.3 Å². The number of ether oxygens (including phenoxy) is 3. The molecule has 4 heteroatoms. The standard InChI is InChI=1S/C18H18O4/c1-20-16-9-5-13(6-10-16)4-7-14-12-15(18(19)22-3)8-11-17(14)21-2/h4-12H,1-3H3. The molecule has 2 aromatic carbocycles. The highest BCUT2D eigenvalue weighted by molar-refractivity contribution is 5.91. The second-order valence-electron chi connectivity index (χ2n) is 4.55. The third kappa shape index (κ3) is 3.67. The molecule has 0 bridgehead atoms. The molecule has 114 valence electrons. The number of hydrogen-bond acceptors (Lipinski definition) is 4. The summed E-state index contributed by atoms with van der Waals surface area (Å²) in [6, 6.07) is 12.8. The quantitative estimate of drug-likeness (QED) is 0.624. The number of hydrogen-bond donors (Lipinski definition) is 0.